The van der Waals surface area contributed by atoms with E-state index < -0.39 is 46.5 Å². The summed E-state index contributed by atoms with van der Waals surface area (Å²) in [5, 5.41) is 0. The predicted octanol–water partition coefficient (Wildman–Crippen LogP) is -0.308. The number of aromatic amines is 1. The van der Waals surface area contributed by atoms with Crippen molar-refractivity contribution in [2.24, 2.45) is 0 Å². The van der Waals surface area contributed by atoms with Gasteiger partial charge in [-0.05, 0) is 0 Å². The number of rotatable bonds is 4. The fourth-order valence-corrected chi connectivity index (χ4v) is 3.04. The minimum atomic E-state index is -0.843. The summed E-state index contributed by atoms with van der Waals surface area (Å²) in [5.41, 5.74) is -1.20. The topological polar surface area (TPSA) is 117 Å². The Morgan fingerprint density at radius 1 is 1.35 bits per heavy atom. The van der Waals surface area contributed by atoms with Crippen LogP contribution < -0.4 is 11.2 Å². The molecular weight excluding hydrogens is 376 g/mol. The fourth-order valence-electron chi connectivity index (χ4n) is 2.21. The zero-order valence-corrected chi connectivity index (χ0v) is 13.9. The molecule has 0 aromatic carbocycles. The summed E-state index contributed by atoms with van der Waals surface area (Å²) >= 11 is 3.34. The molecule has 0 aliphatic carbocycles. The van der Waals surface area contributed by atoms with E-state index in [0.29, 0.717) is 0 Å². The smallest absolute Gasteiger partial charge is 0.330 e. The van der Waals surface area contributed by atoms with Gasteiger partial charge in [-0.1, -0.05) is 15.9 Å². The molecule has 1 saturated heterocycles. The summed E-state index contributed by atoms with van der Waals surface area (Å²) in [6.45, 7) is 2.34. The highest BCUT2D eigenvalue weighted by atomic mass is 79.9. The normalized spacial score (nSPS) is 26.7. The summed E-state index contributed by atoms with van der Waals surface area (Å²) in [4.78, 5) is 46.8. The predicted molar refractivity (Wildman–Crippen MR) is 80.1 cm³/mol. The van der Waals surface area contributed by atoms with Crippen LogP contribution in [0.2, 0.25) is 0 Å². The van der Waals surface area contributed by atoms with Gasteiger partial charge in [0.2, 0.25) is 0 Å². The molecule has 9 nitrogen and oxygen atoms in total. The molecule has 0 unspecified atom stereocenters. The molecule has 0 bridgehead atoms. The first-order valence-corrected chi connectivity index (χ1v) is 7.62. The van der Waals surface area contributed by atoms with E-state index >= 15 is 0 Å². The summed E-state index contributed by atoms with van der Waals surface area (Å²) in [7, 11) is 0. The van der Waals surface area contributed by atoms with Crippen LogP contribution in [-0.2, 0) is 23.8 Å². The van der Waals surface area contributed by atoms with Crippen molar-refractivity contribution in [2.45, 2.75) is 37.1 Å². The number of esters is 2. The zero-order valence-electron chi connectivity index (χ0n) is 12.4. The molecule has 0 spiro atoms. The summed E-state index contributed by atoms with van der Waals surface area (Å²) in [6, 6.07) is 1.17. The molecule has 0 saturated carbocycles. The van der Waals surface area contributed by atoms with Crippen molar-refractivity contribution in [3.05, 3.63) is 33.1 Å². The lowest BCUT2D eigenvalue weighted by molar-refractivity contribution is -0.155. The molecule has 1 aromatic heterocycles. The van der Waals surface area contributed by atoms with Crippen LogP contribution in [0.1, 0.15) is 20.1 Å². The maximum Gasteiger partial charge on any atom is 0.330 e. The van der Waals surface area contributed by atoms with Crippen LogP contribution >= 0.6 is 15.9 Å². The van der Waals surface area contributed by atoms with Crippen LogP contribution in [0, 0.1) is 0 Å². The molecule has 2 rings (SSSR count). The molecule has 1 aliphatic rings. The van der Waals surface area contributed by atoms with E-state index in [1.807, 2.05) is 0 Å². The number of aromatic nitrogens is 2. The Hall–Kier alpha value is -1.94. The molecular formula is C13H15BrN2O7. The van der Waals surface area contributed by atoms with Gasteiger partial charge in [0.1, 0.15) is 18.8 Å². The van der Waals surface area contributed by atoms with Crippen molar-refractivity contribution in [3.8, 4) is 0 Å². The number of H-pyrrole nitrogens is 1. The molecule has 1 fully saturated rings. The first-order valence-electron chi connectivity index (χ1n) is 6.71. The molecule has 23 heavy (non-hydrogen) atoms. The highest BCUT2D eigenvalue weighted by Crippen LogP contribution is 2.35. The maximum absolute atomic E-state index is 11.9. The third kappa shape index (κ3) is 4.08. The third-order valence-electron chi connectivity index (χ3n) is 3.15. The van der Waals surface area contributed by atoms with Crippen LogP contribution in [-0.4, -0.2) is 45.1 Å². The maximum atomic E-state index is 11.9. The van der Waals surface area contributed by atoms with Crippen LogP contribution in [0.15, 0.2) is 21.9 Å². The van der Waals surface area contributed by atoms with Crippen molar-refractivity contribution in [1.82, 2.24) is 9.55 Å². The standard InChI is InChI=1S/C13H15BrN2O7/c1-6(17)21-5-8-11(22-7(2)18)10(14)12(23-8)16-4-3-9(19)15-13(16)20/h3-4,8,10-12H,5H2,1-2H3,(H,15,19,20)/t8-,10-,11+,12-/m0/s1. The molecule has 0 radical (unpaired) electrons. The van der Waals surface area contributed by atoms with E-state index in [4.69, 9.17) is 14.2 Å². The number of carbonyl (C=O) groups is 2. The molecule has 1 aromatic rings. The lowest BCUT2D eigenvalue weighted by atomic mass is 10.2. The first kappa shape index (κ1) is 17.4. The minimum Gasteiger partial charge on any atom is -0.463 e. The average molecular weight is 391 g/mol. The number of ether oxygens (including phenoxy) is 3. The Morgan fingerprint density at radius 2 is 2.04 bits per heavy atom. The quantitative estimate of drug-likeness (QED) is 0.553. The van der Waals surface area contributed by atoms with Crippen molar-refractivity contribution in [1.29, 1.82) is 0 Å². The lowest BCUT2D eigenvalue weighted by Crippen LogP contribution is -2.37. The number of carbonyl (C=O) groups excluding carboxylic acids is 2. The largest absolute Gasteiger partial charge is 0.463 e. The van der Waals surface area contributed by atoms with E-state index in [1.165, 1.54) is 26.1 Å². The van der Waals surface area contributed by atoms with Crippen molar-refractivity contribution in [2.75, 3.05) is 6.61 Å². The Labute approximate surface area is 138 Å². The van der Waals surface area contributed by atoms with Gasteiger partial charge in [-0.2, -0.15) is 0 Å². The number of nitrogens with zero attached hydrogens (tertiary/aromatic N) is 1. The molecule has 2 heterocycles. The number of hydrogen-bond acceptors (Lipinski definition) is 7. The van der Waals surface area contributed by atoms with Gasteiger partial charge in [-0.25, -0.2) is 4.79 Å². The van der Waals surface area contributed by atoms with Gasteiger partial charge >= 0.3 is 17.6 Å². The minimum absolute atomic E-state index is 0.135. The van der Waals surface area contributed by atoms with Crippen molar-refractivity contribution >= 4 is 27.9 Å². The van der Waals surface area contributed by atoms with Crippen LogP contribution in [0.5, 0.6) is 0 Å². The van der Waals surface area contributed by atoms with Gasteiger partial charge in [-0.3, -0.25) is 23.9 Å². The summed E-state index contributed by atoms with van der Waals surface area (Å²) in [5.74, 6) is -1.05. The Bertz CT molecular complexity index is 713. The fraction of sp³-hybridized carbons (Fsp3) is 0.538. The van der Waals surface area contributed by atoms with E-state index in [9.17, 15) is 19.2 Å². The number of hydrogen-bond donors (Lipinski definition) is 1. The second-order valence-electron chi connectivity index (χ2n) is 4.90. The monoisotopic (exact) mass is 390 g/mol. The Morgan fingerprint density at radius 3 is 2.61 bits per heavy atom. The van der Waals surface area contributed by atoms with Crippen molar-refractivity contribution in [3.63, 3.8) is 0 Å². The average Bonchev–Trinajstić information content (AvgIpc) is 2.73. The van der Waals surface area contributed by atoms with E-state index in [2.05, 4.69) is 20.9 Å². The number of nitrogens with one attached hydrogen (secondary N) is 1. The molecule has 126 valence electrons. The lowest BCUT2D eigenvalue weighted by Gasteiger charge is -2.19. The molecule has 1 aliphatic heterocycles. The van der Waals surface area contributed by atoms with Crippen molar-refractivity contribution < 1.29 is 23.8 Å². The summed E-state index contributed by atoms with van der Waals surface area (Å²) in [6.07, 6.45) is -1.09. The Balaban J connectivity index is 2.27. The van der Waals surface area contributed by atoms with E-state index in [-0.39, 0.29) is 6.61 Å². The zero-order chi connectivity index (χ0) is 17.1. The number of alkyl halides is 1. The second-order valence-corrected chi connectivity index (χ2v) is 5.96. The van der Waals surface area contributed by atoms with Gasteiger partial charge in [0.05, 0.1) is 4.83 Å². The highest BCUT2D eigenvalue weighted by Gasteiger charge is 2.47. The first-order chi connectivity index (χ1) is 10.8. The van der Waals surface area contributed by atoms with Gasteiger partial charge in [-0.15, -0.1) is 0 Å². The van der Waals surface area contributed by atoms with Gasteiger partial charge in [0, 0.05) is 26.1 Å². The van der Waals surface area contributed by atoms with Crippen LogP contribution in [0.25, 0.3) is 0 Å². The Kier molecular flexibility index (Phi) is 5.37. The molecule has 0 amide bonds. The highest BCUT2D eigenvalue weighted by molar-refractivity contribution is 9.09. The van der Waals surface area contributed by atoms with E-state index in [1.54, 1.807) is 0 Å². The molecule has 4 atom stereocenters. The van der Waals surface area contributed by atoms with Gasteiger partial charge < -0.3 is 14.2 Å². The van der Waals surface area contributed by atoms with Crippen LogP contribution in [0.4, 0.5) is 0 Å². The van der Waals surface area contributed by atoms with Gasteiger partial charge in [0.15, 0.2) is 6.23 Å². The second kappa shape index (κ2) is 7.09. The van der Waals surface area contributed by atoms with Gasteiger partial charge in [0.25, 0.3) is 5.56 Å². The third-order valence-corrected chi connectivity index (χ3v) is 4.12. The number of halogens is 1. The van der Waals surface area contributed by atoms with E-state index in [0.717, 1.165) is 4.57 Å². The SMILES string of the molecule is CC(=O)OC[C@@H]1O[C@H](n2ccc(=O)[nH]c2=O)[C@@H](Br)[C@@H]1OC(C)=O. The van der Waals surface area contributed by atoms with Crippen LogP contribution in [0.3, 0.4) is 0 Å². The summed E-state index contributed by atoms with van der Waals surface area (Å²) < 4.78 is 16.9. The molecule has 1 N–H and O–H groups in total. The molecule has 10 heteroatoms.